The first-order chi connectivity index (χ1) is 8.79. The molecule has 4 nitrogen and oxygen atoms in total. The van der Waals surface area contributed by atoms with Gasteiger partial charge >= 0.3 is 0 Å². The molecule has 1 saturated heterocycles. The van der Waals surface area contributed by atoms with Crippen molar-refractivity contribution in [1.29, 1.82) is 5.26 Å². The topological polar surface area (TPSA) is 56.1 Å². The van der Waals surface area contributed by atoms with Crippen LogP contribution in [0.1, 0.15) is 38.5 Å². The molecule has 4 heteroatoms. The van der Waals surface area contributed by atoms with E-state index in [0.717, 1.165) is 24.9 Å². The summed E-state index contributed by atoms with van der Waals surface area (Å²) in [6.45, 7) is 3.15. The van der Waals surface area contributed by atoms with Gasteiger partial charge in [0.15, 0.2) is 0 Å². The van der Waals surface area contributed by atoms with Gasteiger partial charge in [-0.3, -0.25) is 9.69 Å². The third kappa shape index (κ3) is 3.71. The molecule has 0 aromatic rings. The maximum atomic E-state index is 11.7. The molecule has 2 atom stereocenters. The van der Waals surface area contributed by atoms with Gasteiger partial charge in [-0.05, 0) is 31.2 Å². The number of hydrogen-bond acceptors (Lipinski definition) is 3. The summed E-state index contributed by atoms with van der Waals surface area (Å²) in [5, 5.41) is 11.2. The number of piperidine rings is 1. The SMILES string of the molecule is N#CCCNC(=O)CN1CC[C@@H]2CCCC[C@@H]2C1. The quantitative estimate of drug-likeness (QED) is 0.769. The van der Waals surface area contributed by atoms with E-state index < -0.39 is 0 Å². The van der Waals surface area contributed by atoms with E-state index in [2.05, 4.69) is 10.2 Å². The highest BCUT2D eigenvalue weighted by molar-refractivity contribution is 5.78. The van der Waals surface area contributed by atoms with Gasteiger partial charge in [0.05, 0.1) is 19.0 Å². The molecule has 2 fully saturated rings. The Morgan fingerprint density at radius 1 is 1.28 bits per heavy atom. The van der Waals surface area contributed by atoms with E-state index in [1.54, 1.807) is 0 Å². The second-order valence-corrected chi connectivity index (χ2v) is 5.59. The molecule has 2 aliphatic rings. The summed E-state index contributed by atoms with van der Waals surface area (Å²) in [6.07, 6.45) is 7.16. The van der Waals surface area contributed by atoms with Gasteiger partial charge in [-0.1, -0.05) is 19.3 Å². The third-order valence-electron chi connectivity index (χ3n) is 4.30. The van der Waals surface area contributed by atoms with Crippen LogP contribution >= 0.6 is 0 Å². The Hall–Kier alpha value is -1.08. The van der Waals surface area contributed by atoms with Gasteiger partial charge < -0.3 is 5.32 Å². The zero-order valence-electron chi connectivity index (χ0n) is 11.0. The fourth-order valence-corrected chi connectivity index (χ4v) is 3.34. The number of nitrogens with zero attached hydrogens (tertiary/aromatic N) is 2. The summed E-state index contributed by atoms with van der Waals surface area (Å²) in [5.74, 6) is 1.80. The van der Waals surface area contributed by atoms with Crippen LogP contribution in [0.15, 0.2) is 0 Å². The van der Waals surface area contributed by atoms with Gasteiger partial charge in [0, 0.05) is 13.1 Å². The van der Waals surface area contributed by atoms with Crippen LogP contribution in [0.4, 0.5) is 0 Å². The second kappa shape index (κ2) is 6.75. The van der Waals surface area contributed by atoms with Crippen LogP contribution in [-0.4, -0.2) is 37.0 Å². The van der Waals surface area contributed by atoms with E-state index >= 15 is 0 Å². The molecule has 1 aliphatic heterocycles. The van der Waals surface area contributed by atoms with Crippen molar-refractivity contribution in [3.8, 4) is 6.07 Å². The Morgan fingerprint density at radius 2 is 2.06 bits per heavy atom. The molecule has 1 heterocycles. The van der Waals surface area contributed by atoms with Crippen molar-refractivity contribution in [2.45, 2.75) is 38.5 Å². The predicted octanol–water partition coefficient (Wildman–Crippen LogP) is 1.53. The molecular weight excluding hydrogens is 226 g/mol. The zero-order valence-corrected chi connectivity index (χ0v) is 11.0. The van der Waals surface area contributed by atoms with Gasteiger partial charge in [0.25, 0.3) is 0 Å². The first-order valence-electron chi connectivity index (χ1n) is 7.15. The normalized spacial score (nSPS) is 28.2. The third-order valence-corrected chi connectivity index (χ3v) is 4.30. The van der Waals surface area contributed by atoms with E-state index in [1.807, 2.05) is 6.07 Å². The monoisotopic (exact) mass is 249 g/mol. The highest BCUT2D eigenvalue weighted by Crippen LogP contribution is 2.35. The molecular formula is C14H23N3O. The van der Waals surface area contributed by atoms with Crippen molar-refractivity contribution in [2.75, 3.05) is 26.2 Å². The number of carbonyl (C=O) groups is 1. The lowest BCUT2D eigenvalue weighted by atomic mass is 9.75. The minimum atomic E-state index is 0.0690. The van der Waals surface area contributed by atoms with Crippen LogP contribution < -0.4 is 5.32 Å². The van der Waals surface area contributed by atoms with Crippen molar-refractivity contribution in [2.24, 2.45) is 11.8 Å². The molecule has 1 amide bonds. The molecule has 0 radical (unpaired) electrons. The van der Waals surface area contributed by atoms with Crippen molar-refractivity contribution in [1.82, 2.24) is 10.2 Å². The molecule has 0 spiro atoms. The maximum absolute atomic E-state index is 11.7. The highest BCUT2D eigenvalue weighted by Gasteiger charge is 2.31. The van der Waals surface area contributed by atoms with E-state index in [-0.39, 0.29) is 5.91 Å². The van der Waals surface area contributed by atoms with Crippen LogP contribution in [0.2, 0.25) is 0 Å². The fraction of sp³-hybridized carbons (Fsp3) is 0.857. The minimum Gasteiger partial charge on any atom is -0.354 e. The summed E-state index contributed by atoms with van der Waals surface area (Å²) >= 11 is 0. The minimum absolute atomic E-state index is 0.0690. The summed E-state index contributed by atoms with van der Waals surface area (Å²) in [6, 6.07) is 2.04. The number of nitriles is 1. The molecule has 18 heavy (non-hydrogen) atoms. The second-order valence-electron chi connectivity index (χ2n) is 5.59. The Morgan fingerprint density at radius 3 is 2.83 bits per heavy atom. The van der Waals surface area contributed by atoms with E-state index in [0.29, 0.717) is 19.5 Å². The lowest BCUT2D eigenvalue weighted by Crippen LogP contribution is -2.46. The largest absolute Gasteiger partial charge is 0.354 e. The lowest BCUT2D eigenvalue weighted by molar-refractivity contribution is -0.122. The average molecular weight is 249 g/mol. The zero-order chi connectivity index (χ0) is 12.8. The van der Waals surface area contributed by atoms with Gasteiger partial charge in [-0.2, -0.15) is 5.26 Å². The van der Waals surface area contributed by atoms with Crippen LogP contribution in [0.3, 0.4) is 0 Å². The molecule has 1 aliphatic carbocycles. The molecule has 0 unspecified atom stereocenters. The number of fused-ring (bicyclic) bond motifs is 1. The number of rotatable bonds is 4. The van der Waals surface area contributed by atoms with Crippen LogP contribution in [0, 0.1) is 23.2 Å². The standard InChI is InChI=1S/C14H23N3O/c15-7-3-8-16-14(18)11-17-9-6-12-4-1-2-5-13(12)10-17/h12-13H,1-6,8-11H2,(H,16,18)/t12-,13+/m0/s1. The van der Waals surface area contributed by atoms with E-state index in [9.17, 15) is 4.79 Å². The summed E-state index contributed by atoms with van der Waals surface area (Å²) in [4.78, 5) is 14.0. The summed E-state index contributed by atoms with van der Waals surface area (Å²) in [5.41, 5.74) is 0. The van der Waals surface area contributed by atoms with Gasteiger partial charge in [0.2, 0.25) is 5.91 Å². The Kier molecular flexibility index (Phi) is 5.00. The lowest BCUT2D eigenvalue weighted by Gasteiger charge is -2.41. The predicted molar refractivity (Wildman–Crippen MR) is 69.7 cm³/mol. The van der Waals surface area contributed by atoms with E-state index in [1.165, 1.54) is 32.1 Å². The van der Waals surface area contributed by atoms with Crippen molar-refractivity contribution in [3.63, 3.8) is 0 Å². The Labute approximate surface area is 109 Å². The molecule has 0 bridgehead atoms. The average Bonchev–Trinajstić information content (AvgIpc) is 2.39. The fourth-order valence-electron chi connectivity index (χ4n) is 3.34. The maximum Gasteiger partial charge on any atom is 0.234 e. The smallest absolute Gasteiger partial charge is 0.234 e. The Bertz CT molecular complexity index is 323. The van der Waals surface area contributed by atoms with Crippen molar-refractivity contribution in [3.05, 3.63) is 0 Å². The van der Waals surface area contributed by atoms with Gasteiger partial charge in [-0.15, -0.1) is 0 Å². The molecule has 1 saturated carbocycles. The molecule has 100 valence electrons. The van der Waals surface area contributed by atoms with Crippen LogP contribution in [-0.2, 0) is 4.79 Å². The first-order valence-corrected chi connectivity index (χ1v) is 7.15. The molecule has 2 rings (SSSR count). The molecule has 0 aromatic heterocycles. The molecule has 1 N–H and O–H groups in total. The number of amides is 1. The van der Waals surface area contributed by atoms with Crippen molar-refractivity contribution < 1.29 is 4.79 Å². The van der Waals surface area contributed by atoms with Gasteiger partial charge in [-0.25, -0.2) is 0 Å². The number of carbonyl (C=O) groups excluding carboxylic acids is 1. The highest BCUT2D eigenvalue weighted by atomic mass is 16.2. The number of hydrogen-bond donors (Lipinski definition) is 1. The summed E-state index contributed by atoms with van der Waals surface area (Å²) in [7, 11) is 0. The summed E-state index contributed by atoms with van der Waals surface area (Å²) < 4.78 is 0. The van der Waals surface area contributed by atoms with Gasteiger partial charge in [0.1, 0.15) is 0 Å². The Balaban J connectivity index is 1.70. The van der Waals surface area contributed by atoms with Crippen LogP contribution in [0.25, 0.3) is 0 Å². The van der Waals surface area contributed by atoms with Crippen LogP contribution in [0.5, 0.6) is 0 Å². The number of likely N-dealkylation sites (tertiary alicyclic amines) is 1. The van der Waals surface area contributed by atoms with Crippen molar-refractivity contribution >= 4 is 5.91 Å². The number of nitrogens with one attached hydrogen (secondary N) is 1. The van der Waals surface area contributed by atoms with E-state index in [4.69, 9.17) is 5.26 Å². The first kappa shape index (κ1) is 13.4. The molecule has 0 aromatic carbocycles.